The van der Waals surface area contributed by atoms with Crippen molar-refractivity contribution >= 4 is 11.1 Å². The Labute approximate surface area is 160 Å². The first kappa shape index (κ1) is 16.0. The summed E-state index contributed by atoms with van der Waals surface area (Å²) < 4.78 is 6.15. The van der Waals surface area contributed by atoms with Crippen molar-refractivity contribution in [1.82, 2.24) is 19.9 Å². The fourth-order valence-electron chi connectivity index (χ4n) is 3.18. The zero-order chi connectivity index (χ0) is 18.9. The van der Waals surface area contributed by atoms with Crippen LogP contribution in [0.15, 0.2) is 78.0 Å². The second-order valence-electron chi connectivity index (χ2n) is 6.30. The van der Waals surface area contributed by atoms with E-state index >= 15 is 0 Å². The van der Waals surface area contributed by atoms with Crippen LogP contribution in [-0.4, -0.2) is 19.9 Å². The lowest BCUT2D eigenvalue weighted by atomic mass is 10.1. The summed E-state index contributed by atoms with van der Waals surface area (Å²) in [5.41, 5.74) is 6.58. The number of fused-ring (bicyclic) bond motifs is 1. The minimum atomic E-state index is 0.503. The number of hydrogen-bond acceptors (Lipinski definition) is 5. The standard InChI is InChI=1S/C22H13N5O/c23-9-14-7-17(11-24-10-14)18-5-6-26-19-8-21(28-22(18)19)16-3-1-15(2-4-16)20-12-25-13-27-20/h1-8,10-13H,(H,25,27). The molecule has 28 heavy (non-hydrogen) atoms. The molecule has 6 heteroatoms. The third-order valence-electron chi connectivity index (χ3n) is 4.57. The summed E-state index contributed by atoms with van der Waals surface area (Å²) >= 11 is 0. The van der Waals surface area contributed by atoms with Crippen molar-refractivity contribution < 1.29 is 4.42 Å². The zero-order valence-corrected chi connectivity index (χ0v) is 14.6. The van der Waals surface area contributed by atoms with Crippen LogP contribution in [0.3, 0.4) is 0 Å². The van der Waals surface area contributed by atoms with Crippen LogP contribution in [0.2, 0.25) is 0 Å². The zero-order valence-electron chi connectivity index (χ0n) is 14.6. The smallest absolute Gasteiger partial charge is 0.161 e. The van der Waals surface area contributed by atoms with E-state index in [-0.39, 0.29) is 0 Å². The number of aromatic amines is 1. The van der Waals surface area contributed by atoms with Gasteiger partial charge in [0.15, 0.2) is 5.58 Å². The van der Waals surface area contributed by atoms with Gasteiger partial charge in [-0.25, -0.2) is 4.98 Å². The lowest BCUT2D eigenvalue weighted by molar-refractivity contribution is 0.632. The number of rotatable bonds is 3. The molecule has 0 amide bonds. The van der Waals surface area contributed by atoms with Crippen molar-refractivity contribution in [2.45, 2.75) is 0 Å². The number of pyridine rings is 2. The van der Waals surface area contributed by atoms with Gasteiger partial charge in [-0.15, -0.1) is 0 Å². The summed E-state index contributed by atoms with van der Waals surface area (Å²) in [4.78, 5) is 15.7. The van der Waals surface area contributed by atoms with Crippen LogP contribution >= 0.6 is 0 Å². The molecule has 1 aromatic carbocycles. The molecule has 0 saturated carbocycles. The molecule has 5 aromatic rings. The Hall–Kier alpha value is -4.24. The fraction of sp³-hybridized carbons (Fsp3) is 0. The quantitative estimate of drug-likeness (QED) is 0.496. The van der Waals surface area contributed by atoms with Gasteiger partial charge in [-0.1, -0.05) is 24.3 Å². The first-order valence-electron chi connectivity index (χ1n) is 8.65. The van der Waals surface area contributed by atoms with E-state index in [1.165, 1.54) is 6.20 Å². The molecule has 132 valence electrons. The summed E-state index contributed by atoms with van der Waals surface area (Å²) in [5, 5.41) is 9.13. The second-order valence-corrected chi connectivity index (χ2v) is 6.30. The molecule has 0 atom stereocenters. The van der Waals surface area contributed by atoms with Crippen LogP contribution in [-0.2, 0) is 0 Å². The molecule has 1 N–H and O–H groups in total. The third kappa shape index (κ3) is 2.72. The summed E-state index contributed by atoms with van der Waals surface area (Å²) in [5.74, 6) is 0.732. The van der Waals surface area contributed by atoms with Crippen molar-refractivity contribution in [3.8, 4) is 39.8 Å². The van der Waals surface area contributed by atoms with Crippen LogP contribution in [0.1, 0.15) is 5.56 Å². The van der Waals surface area contributed by atoms with Gasteiger partial charge < -0.3 is 9.40 Å². The van der Waals surface area contributed by atoms with E-state index in [2.05, 4.69) is 26.0 Å². The van der Waals surface area contributed by atoms with Gasteiger partial charge in [-0.05, 0) is 17.7 Å². The average molecular weight is 363 g/mol. The summed E-state index contributed by atoms with van der Waals surface area (Å²) in [7, 11) is 0. The first-order valence-corrected chi connectivity index (χ1v) is 8.65. The number of imidazole rings is 1. The normalized spacial score (nSPS) is 10.8. The molecule has 0 fully saturated rings. The SMILES string of the molecule is N#Cc1cncc(-c2ccnc3cc(-c4ccc(-c5cnc[nH]5)cc4)oc23)c1. The van der Waals surface area contributed by atoms with Crippen molar-refractivity contribution in [3.05, 3.63) is 79.1 Å². The van der Waals surface area contributed by atoms with Crippen molar-refractivity contribution in [2.75, 3.05) is 0 Å². The molecular weight excluding hydrogens is 350 g/mol. The monoisotopic (exact) mass is 363 g/mol. The van der Waals surface area contributed by atoms with Gasteiger partial charge in [0.2, 0.25) is 0 Å². The highest BCUT2D eigenvalue weighted by Crippen LogP contribution is 2.34. The predicted molar refractivity (Wildman–Crippen MR) is 105 cm³/mol. The van der Waals surface area contributed by atoms with Gasteiger partial charge in [0, 0.05) is 41.3 Å². The fourth-order valence-corrected chi connectivity index (χ4v) is 3.18. The van der Waals surface area contributed by atoms with E-state index in [1.807, 2.05) is 36.4 Å². The Morgan fingerprint density at radius 3 is 2.54 bits per heavy atom. The van der Waals surface area contributed by atoms with Crippen LogP contribution in [0.4, 0.5) is 0 Å². The van der Waals surface area contributed by atoms with Gasteiger partial charge in [-0.3, -0.25) is 9.97 Å². The Morgan fingerprint density at radius 2 is 1.75 bits per heavy atom. The average Bonchev–Trinajstić information content (AvgIpc) is 3.43. The van der Waals surface area contributed by atoms with E-state index < -0.39 is 0 Å². The molecule has 0 aliphatic carbocycles. The number of nitriles is 1. The number of furan rings is 1. The Kier molecular flexibility index (Phi) is 3.70. The highest BCUT2D eigenvalue weighted by atomic mass is 16.3. The number of nitrogens with one attached hydrogen (secondary N) is 1. The van der Waals surface area contributed by atoms with Crippen LogP contribution in [0.5, 0.6) is 0 Å². The largest absolute Gasteiger partial charge is 0.454 e. The minimum Gasteiger partial charge on any atom is -0.454 e. The van der Waals surface area contributed by atoms with Gasteiger partial charge in [0.1, 0.15) is 17.3 Å². The molecule has 5 rings (SSSR count). The van der Waals surface area contributed by atoms with Crippen LogP contribution in [0.25, 0.3) is 44.8 Å². The molecule has 6 nitrogen and oxygen atoms in total. The number of aromatic nitrogens is 4. The van der Waals surface area contributed by atoms with Gasteiger partial charge >= 0.3 is 0 Å². The van der Waals surface area contributed by atoms with Crippen LogP contribution in [0, 0.1) is 11.3 Å². The molecule has 0 aliphatic rings. The van der Waals surface area contributed by atoms with E-state index in [1.54, 1.807) is 31.0 Å². The lowest BCUT2D eigenvalue weighted by Crippen LogP contribution is -1.84. The molecular formula is C22H13N5O. The molecule has 4 heterocycles. The summed E-state index contributed by atoms with van der Waals surface area (Å²) in [6.45, 7) is 0. The molecule has 0 saturated heterocycles. The maximum absolute atomic E-state index is 9.13. The van der Waals surface area contributed by atoms with E-state index in [0.717, 1.165) is 39.2 Å². The Bertz CT molecular complexity index is 1310. The number of nitrogens with zero attached hydrogens (tertiary/aromatic N) is 4. The van der Waals surface area contributed by atoms with E-state index in [9.17, 15) is 0 Å². The topological polar surface area (TPSA) is 91.4 Å². The Morgan fingerprint density at radius 1 is 0.893 bits per heavy atom. The van der Waals surface area contributed by atoms with E-state index in [4.69, 9.17) is 9.68 Å². The molecule has 0 bridgehead atoms. The third-order valence-corrected chi connectivity index (χ3v) is 4.57. The van der Waals surface area contributed by atoms with Crippen molar-refractivity contribution in [1.29, 1.82) is 5.26 Å². The summed E-state index contributed by atoms with van der Waals surface area (Å²) in [6.07, 6.45) is 8.44. The summed E-state index contributed by atoms with van der Waals surface area (Å²) in [6, 6.07) is 15.8. The highest BCUT2D eigenvalue weighted by molar-refractivity contribution is 5.92. The highest BCUT2D eigenvalue weighted by Gasteiger charge is 2.13. The number of H-pyrrole nitrogens is 1. The minimum absolute atomic E-state index is 0.503. The molecule has 0 radical (unpaired) electrons. The predicted octanol–water partition coefficient (Wildman–Crippen LogP) is 4.82. The van der Waals surface area contributed by atoms with E-state index in [0.29, 0.717) is 11.1 Å². The first-order chi connectivity index (χ1) is 13.8. The molecule has 4 aromatic heterocycles. The molecule has 0 spiro atoms. The van der Waals surface area contributed by atoms with Crippen molar-refractivity contribution in [2.24, 2.45) is 0 Å². The molecule has 0 unspecified atom stereocenters. The maximum Gasteiger partial charge on any atom is 0.161 e. The second kappa shape index (κ2) is 6.49. The van der Waals surface area contributed by atoms with Gasteiger partial charge in [0.25, 0.3) is 0 Å². The van der Waals surface area contributed by atoms with Gasteiger partial charge in [0.05, 0.1) is 23.8 Å². The molecule has 0 aliphatic heterocycles. The number of hydrogen-bond donors (Lipinski definition) is 1. The number of benzene rings is 1. The van der Waals surface area contributed by atoms with Gasteiger partial charge in [-0.2, -0.15) is 5.26 Å². The Balaban J connectivity index is 1.58. The lowest BCUT2D eigenvalue weighted by Gasteiger charge is -2.02. The van der Waals surface area contributed by atoms with Crippen LogP contribution < -0.4 is 0 Å². The van der Waals surface area contributed by atoms with Crippen molar-refractivity contribution in [3.63, 3.8) is 0 Å². The maximum atomic E-state index is 9.13.